The number of hydrogen-bond acceptors (Lipinski definition) is 6. The second-order valence-electron chi connectivity index (χ2n) is 9.85. The van der Waals surface area contributed by atoms with Gasteiger partial charge < -0.3 is 40.5 Å². The molecule has 0 radical (unpaired) electrons. The van der Waals surface area contributed by atoms with Crippen LogP contribution in [0.3, 0.4) is 0 Å². The summed E-state index contributed by atoms with van der Waals surface area (Å²) < 4.78 is 12.1. The fraction of sp³-hybridized carbons (Fsp3) is 0.692. The average Bonchev–Trinajstić information content (AvgIpc) is 2.89. The van der Waals surface area contributed by atoms with E-state index in [-0.39, 0.29) is 31.8 Å². The van der Waals surface area contributed by atoms with Crippen LogP contribution in [0.25, 0.3) is 0 Å². The molecular weight excluding hydrogens is 500 g/mol. The Morgan fingerprint density at radius 2 is 2.05 bits per heavy atom. The number of nitrogens with zero attached hydrogens (tertiary/aromatic N) is 1. The largest absolute Gasteiger partial charge is 0.465 e. The van der Waals surface area contributed by atoms with E-state index in [2.05, 4.69) is 16.0 Å². The van der Waals surface area contributed by atoms with Crippen LogP contribution in [0.2, 0.25) is 5.02 Å². The van der Waals surface area contributed by atoms with Gasteiger partial charge in [0.1, 0.15) is 12.2 Å². The molecule has 1 aromatic carbocycles. The third-order valence-corrected chi connectivity index (χ3v) is 7.30. The van der Waals surface area contributed by atoms with E-state index in [1.165, 1.54) is 19.3 Å². The number of hydrogen-bond donors (Lipinski definition) is 5. The minimum atomic E-state index is -1.12. The van der Waals surface area contributed by atoms with E-state index in [9.17, 15) is 14.7 Å². The van der Waals surface area contributed by atoms with E-state index in [0.29, 0.717) is 30.6 Å². The zero-order chi connectivity index (χ0) is 26.6. The Bertz CT molecular complexity index is 856. The average molecular weight is 541 g/mol. The molecule has 5 N–H and O–H groups in total. The summed E-state index contributed by atoms with van der Waals surface area (Å²) in [5, 5.41) is 28.5. The number of aliphatic hydroxyl groups excluding tert-OH is 1. The maximum absolute atomic E-state index is 13.3. The van der Waals surface area contributed by atoms with Gasteiger partial charge in [0.25, 0.3) is 0 Å². The number of likely N-dealkylation sites (N-methyl/N-ethyl adjacent to an activating group) is 1. The lowest BCUT2D eigenvalue weighted by molar-refractivity contribution is -0.105. The van der Waals surface area contributed by atoms with Crippen LogP contribution < -0.4 is 16.0 Å². The maximum atomic E-state index is 13.3. The predicted molar refractivity (Wildman–Crippen MR) is 141 cm³/mol. The van der Waals surface area contributed by atoms with Gasteiger partial charge in [-0.15, -0.1) is 0 Å². The number of ether oxygens (including phenoxy) is 2. The zero-order valence-electron chi connectivity index (χ0n) is 21.5. The molecule has 37 heavy (non-hydrogen) atoms. The highest BCUT2D eigenvalue weighted by Crippen LogP contribution is 2.30. The summed E-state index contributed by atoms with van der Waals surface area (Å²) >= 11 is 6.21. The van der Waals surface area contributed by atoms with Crippen LogP contribution in [-0.4, -0.2) is 91.9 Å². The SMILES string of the molecule is CNCC(O)C(CC1CCCCC1)NC(=O)N1CCOC(C(OCCNC(=O)O)c2cccc(Cl)c2)C1. The van der Waals surface area contributed by atoms with Gasteiger partial charge >= 0.3 is 12.1 Å². The number of rotatable bonds is 12. The van der Waals surface area contributed by atoms with Gasteiger partial charge in [0.15, 0.2) is 0 Å². The molecule has 0 aromatic heterocycles. The molecule has 1 saturated heterocycles. The quantitative estimate of drug-likeness (QED) is 0.257. The second-order valence-corrected chi connectivity index (χ2v) is 10.3. The molecule has 4 atom stereocenters. The molecule has 2 fully saturated rings. The molecule has 1 saturated carbocycles. The van der Waals surface area contributed by atoms with Gasteiger partial charge in [0.05, 0.1) is 31.9 Å². The summed E-state index contributed by atoms with van der Waals surface area (Å²) in [5.74, 6) is 0.503. The number of nitrogens with one attached hydrogen (secondary N) is 3. The number of aliphatic hydroxyl groups is 1. The molecule has 0 spiro atoms. The van der Waals surface area contributed by atoms with Gasteiger partial charge in [-0.05, 0) is 37.1 Å². The summed E-state index contributed by atoms with van der Waals surface area (Å²) in [6.45, 7) is 1.69. The molecule has 0 bridgehead atoms. The van der Waals surface area contributed by atoms with Crippen LogP contribution in [0.5, 0.6) is 0 Å². The lowest BCUT2D eigenvalue weighted by atomic mass is 9.83. The van der Waals surface area contributed by atoms with E-state index in [1.807, 2.05) is 12.1 Å². The molecule has 4 unspecified atom stereocenters. The third kappa shape index (κ3) is 9.61. The van der Waals surface area contributed by atoms with Crippen LogP contribution in [0.15, 0.2) is 24.3 Å². The topological polar surface area (TPSA) is 132 Å². The van der Waals surface area contributed by atoms with Crippen molar-refractivity contribution in [3.63, 3.8) is 0 Å². The van der Waals surface area contributed by atoms with Crippen molar-refractivity contribution in [2.24, 2.45) is 5.92 Å². The van der Waals surface area contributed by atoms with E-state index in [1.54, 1.807) is 24.1 Å². The monoisotopic (exact) mass is 540 g/mol. The van der Waals surface area contributed by atoms with Gasteiger partial charge in [-0.3, -0.25) is 0 Å². The molecule has 1 heterocycles. The summed E-state index contributed by atoms with van der Waals surface area (Å²) in [4.78, 5) is 25.8. The fourth-order valence-electron chi connectivity index (χ4n) is 5.18. The number of carbonyl (C=O) groups excluding carboxylic acids is 1. The maximum Gasteiger partial charge on any atom is 0.404 e. The Morgan fingerprint density at radius 1 is 1.27 bits per heavy atom. The first-order valence-corrected chi connectivity index (χ1v) is 13.6. The summed E-state index contributed by atoms with van der Waals surface area (Å²) in [7, 11) is 1.79. The highest BCUT2D eigenvalue weighted by molar-refractivity contribution is 6.30. The predicted octanol–water partition coefficient (Wildman–Crippen LogP) is 3.00. The van der Waals surface area contributed by atoms with Crippen LogP contribution in [-0.2, 0) is 9.47 Å². The number of morpholine rings is 1. The van der Waals surface area contributed by atoms with Gasteiger partial charge in [0, 0.05) is 24.7 Å². The van der Waals surface area contributed by atoms with Crippen LogP contribution in [0, 0.1) is 5.92 Å². The Hall–Kier alpha value is -2.11. The summed E-state index contributed by atoms with van der Waals surface area (Å²) in [6, 6.07) is 6.66. The Labute approximate surface area is 224 Å². The number of benzene rings is 1. The molecule has 2 aliphatic rings. The molecule has 3 amide bonds. The smallest absolute Gasteiger partial charge is 0.404 e. The van der Waals surface area contributed by atoms with Crippen molar-refractivity contribution in [3.05, 3.63) is 34.9 Å². The van der Waals surface area contributed by atoms with Gasteiger partial charge in [-0.25, -0.2) is 9.59 Å². The minimum Gasteiger partial charge on any atom is -0.465 e. The highest BCUT2D eigenvalue weighted by Gasteiger charge is 2.34. The number of carbonyl (C=O) groups is 2. The van der Waals surface area contributed by atoms with Crippen molar-refractivity contribution >= 4 is 23.7 Å². The Balaban J connectivity index is 1.66. The molecule has 3 rings (SSSR count). The van der Waals surface area contributed by atoms with Crippen molar-refractivity contribution in [2.45, 2.75) is 62.9 Å². The van der Waals surface area contributed by atoms with Crippen LogP contribution in [0.4, 0.5) is 9.59 Å². The minimum absolute atomic E-state index is 0.121. The molecule has 208 valence electrons. The summed E-state index contributed by atoms with van der Waals surface area (Å²) in [5.41, 5.74) is 0.787. The van der Waals surface area contributed by atoms with Crippen molar-refractivity contribution in [2.75, 3.05) is 46.4 Å². The van der Waals surface area contributed by atoms with E-state index >= 15 is 0 Å². The van der Waals surface area contributed by atoms with Gasteiger partial charge in [0.2, 0.25) is 0 Å². The van der Waals surface area contributed by atoms with E-state index in [4.69, 9.17) is 26.2 Å². The lowest BCUT2D eigenvalue weighted by Gasteiger charge is -2.38. The number of carboxylic acid groups (broad SMARTS) is 1. The van der Waals surface area contributed by atoms with Crippen LogP contribution in [0.1, 0.15) is 50.2 Å². The van der Waals surface area contributed by atoms with Gasteiger partial charge in [-0.1, -0.05) is 55.8 Å². The normalized spacial score (nSPS) is 21.2. The van der Waals surface area contributed by atoms with Crippen molar-refractivity contribution in [3.8, 4) is 0 Å². The van der Waals surface area contributed by atoms with Gasteiger partial charge in [-0.2, -0.15) is 0 Å². The first kappa shape index (κ1) is 29.4. The van der Waals surface area contributed by atoms with Crippen molar-refractivity contribution in [1.82, 2.24) is 20.9 Å². The van der Waals surface area contributed by atoms with E-state index in [0.717, 1.165) is 24.8 Å². The zero-order valence-corrected chi connectivity index (χ0v) is 22.3. The van der Waals surface area contributed by atoms with Crippen molar-refractivity contribution in [1.29, 1.82) is 0 Å². The molecule has 1 aliphatic carbocycles. The number of amides is 3. The van der Waals surface area contributed by atoms with E-state index < -0.39 is 24.4 Å². The fourth-order valence-corrected chi connectivity index (χ4v) is 5.38. The highest BCUT2D eigenvalue weighted by atomic mass is 35.5. The first-order valence-electron chi connectivity index (χ1n) is 13.2. The Kier molecular flexibility index (Phi) is 12.2. The standard InChI is InChI=1S/C26H41ClN4O6/c1-28-16-22(32)21(14-18-6-3-2-4-7-18)30-25(33)31-11-13-36-23(17-31)24(37-12-10-29-26(34)35)19-8-5-9-20(27)15-19/h5,8-9,15,18,21-24,28-29,32H,2-4,6-7,10-14,16-17H2,1H3,(H,30,33)(H,34,35). The summed E-state index contributed by atoms with van der Waals surface area (Å²) in [6.07, 6.45) is 3.86. The molecular formula is C26H41ClN4O6. The Morgan fingerprint density at radius 3 is 2.76 bits per heavy atom. The first-order chi connectivity index (χ1) is 17.9. The van der Waals surface area contributed by atoms with Crippen molar-refractivity contribution < 1.29 is 29.3 Å². The third-order valence-electron chi connectivity index (χ3n) is 7.07. The van der Waals surface area contributed by atoms with Crippen LogP contribution >= 0.6 is 11.6 Å². The second kappa shape index (κ2) is 15.3. The lowest BCUT2D eigenvalue weighted by Crippen LogP contribution is -2.56. The number of urea groups is 1. The molecule has 11 heteroatoms. The molecule has 1 aromatic rings. The number of halogens is 1. The molecule has 10 nitrogen and oxygen atoms in total. The molecule has 1 aliphatic heterocycles.